The molecule has 0 saturated carbocycles. The first-order valence-corrected chi connectivity index (χ1v) is 8.79. The fourth-order valence-electron chi connectivity index (χ4n) is 2.94. The van der Waals surface area contributed by atoms with Crippen molar-refractivity contribution in [1.29, 1.82) is 0 Å². The number of hydrogen-bond acceptors (Lipinski definition) is 4. The van der Waals surface area contributed by atoms with Crippen LogP contribution >= 0.6 is 0 Å². The average molecular weight is 339 g/mol. The zero-order valence-corrected chi connectivity index (χ0v) is 14.8. The van der Waals surface area contributed by atoms with E-state index in [9.17, 15) is 4.79 Å². The molecule has 1 aliphatic rings. The van der Waals surface area contributed by atoms with Gasteiger partial charge in [0.25, 0.3) is 5.91 Å². The molecule has 3 rings (SSSR count). The molecule has 25 heavy (non-hydrogen) atoms. The van der Waals surface area contributed by atoms with Gasteiger partial charge in [0.2, 0.25) is 0 Å². The number of rotatable bonds is 5. The molecule has 1 N–H and O–H groups in total. The van der Waals surface area contributed by atoms with E-state index < -0.39 is 0 Å². The number of aromatic nitrogens is 1. The van der Waals surface area contributed by atoms with Crippen LogP contribution < -0.4 is 10.1 Å². The Morgan fingerprint density at radius 3 is 2.80 bits per heavy atom. The topological polar surface area (TPSA) is 54.5 Å². The molecule has 1 atom stereocenters. The summed E-state index contributed by atoms with van der Waals surface area (Å²) in [6.45, 7) is 7.13. The molecule has 1 unspecified atom stereocenters. The molecule has 1 fully saturated rings. The summed E-state index contributed by atoms with van der Waals surface area (Å²) in [4.78, 5) is 19.1. The lowest BCUT2D eigenvalue weighted by Gasteiger charge is -2.36. The first kappa shape index (κ1) is 17.4. The van der Waals surface area contributed by atoms with Crippen LogP contribution in [-0.4, -0.2) is 42.0 Å². The van der Waals surface area contributed by atoms with Crippen LogP contribution in [0.25, 0.3) is 0 Å². The van der Waals surface area contributed by atoms with Gasteiger partial charge < -0.3 is 15.0 Å². The van der Waals surface area contributed by atoms with Crippen molar-refractivity contribution in [2.75, 3.05) is 26.2 Å². The molecule has 5 nitrogen and oxygen atoms in total. The highest BCUT2D eigenvalue weighted by Crippen LogP contribution is 2.24. The first-order chi connectivity index (χ1) is 12.1. The zero-order valence-electron chi connectivity index (χ0n) is 14.8. The lowest BCUT2D eigenvalue weighted by atomic mass is 10.0. The maximum Gasteiger partial charge on any atom is 0.254 e. The lowest BCUT2D eigenvalue weighted by Crippen LogP contribution is -2.48. The van der Waals surface area contributed by atoms with E-state index in [0.29, 0.717) is 24.6 Å². The SMILES string of the molecule is CC(C)COc1ccc(C(=O)N2CCNCC2c2cccnc2)cc1. The van der Waals surface area contributed by atoms with Crippen LogP contribution in [-0.2, 0) is 0 Å². The minimum Gasteiger partial charge on any atom is -0.493 e. The van der Waals surface area contributed by atoms with Gasteiger partial charge >= 0.3 is 0 Å². The summed E-state index contributed by atoms with van der Waals surface area (Å²) in [6, 6.07) is 11.4. The van der Waals surface area contributed by atoms with Crippen molar-refractivity contribution < 1.29 is 9.53 Å². The normalized spacial score (nSPS) is 17.6. The van der Waals surface area contributed by atoms with Crippen molar-refractivity contribution in [2.45, 2.75) is 19.9 Å². The highest BCUT2D eigenvalue weighted by Gasteiger charge is 2.28. The molecular formula is C20H25N3O2. The molecule has 0 radical (unpaired) electrons. The molecule has 2 heterocycles. The van der Waals surface area contributed by atoms with E-state index >= 15 is 0 Å². The number of hydrogen-bond donors (Lipinski definition) is 1. The second-order valence-electron chi connectivity index (χ2n) is 6.73. The molecule has 1 amide bonds. The summed E-state index contributed by atoms with van der Waals surface area (Å²) >= 11 is 0. The number of amides is 1. The first-order valence-electron chi connectivity index (χ1n) is 8.79. The summed E-state index contributed by atoms with van der Waals surface area (Å²) in [5.74, 6) is 1.32. The highest BCUT2D eigenvalue weighted by molar-refractivity contribution is 5.94. The lowest BCUT2D eigenvalue weighted by molar-refractivity contribution is 0.0634. The molecule has 1 aliphatic heterocycles. The van der Waals surface area contributed by atoms with Crippen LogP contribution in [0.3, 0.4) is 0 Å². The van der Waals surface area contributed by atoms with Crippen LogP contribution in [0.5, 0.6) is 5.75 Å². The minimum absolute atomic E-state index is 0.00631. The van der Waals surface area contributed by atoms with E-state index in [1.54, 1.807) is 6.20 Å². The van der Waals surface area contributed by atoms with Crippen molar-refractivity contribution in [1.82, 2.24) is 15.2 Å². The Labute approximate surface area is 149 Å². The Hall–Kier alpha value is -2.40. The van der Waals surface area contributed by atoms with E-state index in [0.717, 1.165) is 24.4 Å². The Morgan fingerprint density at radius 1 is 1.32 bits per heavy atom. The largest absolute Gasteiger partial charge is 0.493 e. The molecule has 2 aromatic rings. The fraction of sp³-hybridized carbons (Fsp3) is 0.400. The predicted octanol–water partition coefficient (Wildman–Crippen LogP) is 2.90. The second kappa shape index (κ2) is 8.12. The van der Waals surface area contributed by atoms with Crippen molar-refractivity contribution in [3.05, 3.63) is 59.9 Å². The quantitative estimate of drug-likeness (QED) is 0.910. The minimum atomic E-state index is 0.00631. The summed E-state index contributed by atoms with van der Waals surface area (Å²) < 4.78 is 5.69. The van der Waals surface area contributed by atoms with Crippen molar-refractivity contribution in [2.24, 2.45) is 5.92 Å². The maximum atomic E-state index is 13.0. The molecule has 0 spiro atoms. The van der Waals surface area contributed by atoms with E-state index in [2.05, 4.69) is 24.1 Å². The summed E-state index contributed by atoms with van der Waals surface area (Å²) in [5.41, 5.74) is 1.74. The molecule has 1 aromatic heterocycles. The number of nitrogens with zero attached hydrogens (tertiary/aromatic N) is 2. The molecular weight excluding hydrogens is 314 g/mol. The van der Waals surface area contributed by atoms with Crippen LogP contribution in [0.1, 0.15) is 35.8 Å². The Morgan fingerprint density at radius 2 is 2.12 bits per heavy atom. The Balaban J connectivity index is 1.74. The summed E-state index contributed by atoms with van der Waals surface area (Å²) in [6.07, 6.45) is 3.59. The van der Waals surface area contributed by atoms with Gasteiger partial charge in [-0.05, 0) is 41.8 Å². The third-order valence-corrected chi connectivity index (χ3v) is 4.26. The van der Waals surface area contributed by atoms with Crippen molar-refractivity contribution in [3.8, 4) is 5.75 Å². The van der Waals surface area contributed by atoms with Gasteiger partial charge in [-0.15, -0.1) is 0 Å². The number of piperazine rings is 1. The number of nitrogens with one attached hydrogen (secondary N) is 1. The number of carbonyl (C=O) groups is 1. The van der Waals surface area contributed by atoms with Gasteiger partial charge in [-0.1, -0.05) is 19.9 Å². The van der Waals surface area contributed by atoms with E-state index in [1.807, 2.05) is 47.5 Å². The fourth-order valence-corrected chi connectivity index (χ4v) is 2.94. The predicted molar refractivity (Wildman–Crippen MR) is 97.7 cm³/mol. The third kappa shape index (κ3) is 4.37. The number of benzene rings is 1. The number of carbonyl (C=O) groups excluding carboxylic acids is 1. The van der Waals surface area contributed by atoms with E-state index in [-0.39, 0.29) is 11.9 Å². The van der Waals surface area contributed by atoms with Crippen molar-refractivity contribution >= 4 is 5.91 Å². The third-order valence-electron chi connectivity index (χ3n) is 4.26. The van der Waals surface area contributed by atoms with Gasteiger partial charge in [-0.2, -0.15) is 0 Å². The number of pyridine rings is 1. The highest BCUT2D eigenvalue weighted by atomic mass is 16.5. The van der Waals surface area contributed by atoms with E-state index in [1.165, 1.54) is 0 Å². The van der Waals surface area contributed by atoms with Gasteiger partial charge in [0.1, 0.15) is 5.75 Å². The second-order valence-corrected chi connectivity index (χ2v) is 6.73. The molecule has 0 aliphatic carbocycles. The van der Waals surface area contributed by atoms with E-state index in [4.69, 9.17) is 4.74 Å². The zero-order chi connectivity index (χ0) is 17.6. The van der Waals surface area contributed by atoms with Gasteiger partial charge in [0, 0.05) is 37.6 Å². The molecule has 0 bridgehead atoms. The smallest absolute Gasteiger partial charge is 0.254 e. The van der Waals surface area contributed by atoms with Gasteiger partial charge in [-0.3, -0.25) is 9.78 Å². The monoisotopic (exact) mass is 339 g/mol. The van der Waals surface area contributed by atoms with Gasteiger partial charge in [0.05, 0.1) is 12.6 Å². The summed E-state index contributed by atoms with van der Waals surface area (Å²) in [5, 5.41) is 3.36. The molecule has 5 heteroatoms. The van der Waals surface area contributed by atoms with Crippen molar-refractivity contribution in [3.63, 3.8) is 0 Å². The van der Waals surface area contributed by atoms with Gasteiger partial charge in [0.15, 0.2) is 0 Å². The Bertz CT molecular complexity index is 686. The van der Waals surface area contributed by atoms with Crippen LogP contribution in [0.15, 0.2) is 48.8 Å². The molecule has 132 valence electrons. The molecule has 1 saturated heterocycles. The maximum absolute atomic E-state index is 13.0. The van der Waals surface area contributed by atoms with Crippen LogP contribution in [0.4, 0.5) is 0 Å². The standard InChI is InChI=1S/C20H25N3O2/c1-15(2)14-25-18-7-5-16(6-8-18)20(24)23-11-10-22-13-19(23)17-4-3-9-21-12-17/h3-9,12,15,19,22H,10-11,13-14H2,1-2H3. The number of ether oxygens (including phenoxy) is 1. The van der Waals surface area contributed by atoms with Crippen LogP contribution in [0, 0.1) is 5.92 Å². The summed E-state index contributed by atoms with van der Waals surface area (Å²) in [7, 11) is 0. The van der Waals surface area contributed by atoms with Gasteiger partial charge in [-0.25, -0.2) is 0 Å². The average Bonchev–Trinajstić information content (AvgIpc) is 2.67. The molecule has 1 aromatic carbocycles. The Kier molecular flexibility index (Phi) is 5.66. The van der Waals surface area contributed by atoms with Crippen LogP contribution in [0.2, 0.25) is 0 Å².